The highest BCUT2D eigenvalue weighted by atomic mass is 16.5. The van der Waals surface area contributed by atoms with Crippen molar-refractivity contribution in [3.63, 3.8) is 0 Å². The van der Waals surface area contributed by atoms with Gasteiger partial charge in [-0.2, -0.15) is 0 Å². The standard InChI is InChI=1S/C28H58O/c1-4-7-10-13-16-17-19-22-25-28(24-21-18-14-11-8-5-2)27-29-26-23-20-15-12-9-6-3/h28H,4-27H2,1-3H3. The Morgan fingerprint density at radius 1 is 0.414 bits per heavy atom. The second-order valence-corrected chi connectivity index (χ2v) is 9.53. The molecule has 0 aromatic carbocycles. The van der Waals surface area contributed by atoms with Gasteiger partial charge in [0.05, 0.1) is 0 Å². The van der Waals surface area contributed by atoms with E-state index in [1.807, 2.05) is 0 Å². The van der Waals surface area contributed by atoms with E-state index in [4.69, 9.17) is 4.74 Å². The average molecular weight is 411 g/mol. The van der Waals surface area contributed by atoms with Gasteiger partial charge in [-0.1, -0.05) is 143 Å². The van der Waals surface area contributed by atoms with Crippen LogP contribution in [0.2, 0.25) is 0 Å². The maximum Gasteiger partial charge on any atom is 0.0494 e. The largest absolute Gasteiger partial charge is 0.381 e. The van der Waals surface area contributed by atoms with E-state index in [1.54, 1.807) is 0 Å². The number of ether oxygens (including phenoxy) is 1. The molecule has 1 unspecified atom stereocenters. The van der Waals surface area contributed by atoms with Crippen molar-refractivity contribution in [3.05, 3.63) is 0 Å². The van der Waals surface area contributed by atoms with Gasteiger partial charge in [-0.25, -0.2) is 0 Å². The third-order valence-corrected chi connectivity index (χ3v) is 6.43. The minimum absolute atomic E-state index is 0.821. The zero-order chi connectivity index (χ0) is 21.3. The molecule has 29 heavy (non-hydrogen) atoms. The summed E-state index contributed by atoms with van der Waals surface area (Å²) in [7, 11) is 0. The number of rotatable bonds is 25. The summed E-state index contributed by atoms with van der Waals surface area (Å²) in [5.74, 6) is 0.821. The lowest BCUT2D eigenvalue weighted by Gasteiger charge is -2.17. The van der Waals surface area contributed by atoms with E-state index >= 15 is 0 Å². The first kappa shape index (κ1) is 29.0. The molecule has 0 aliphatic heterocycles. The summed E-state index contributed by atoms with van der Waals surface area (Å²) >= 11 is 0. The molecule has 0 aromatic heterocycles. The molecule has 0 spiro atoms. The van der Waals surface area contributed by atoms with Gasteiger partial charge in [0.1, 0.15) is 0 Å². The maximum atomic E-state index is 6.12. The molecule has 1 nitrogen and oxygen atoms in total. The normalized spacial score (nSPS) is 12.5. The van der Waals surface area contributed by atoms with Gasteiger partial charge in [0.15, 0.2) is 0 Å². The van der Waals surface area contributed by atoms with Crippen molar-refractivity contribution in [1.29, 1.82) is 0 Å². The predicted octanol–water partition coefficient (Wildman–Crippen LogP) is 10.3. The monoisotopic (exact) mass is 410 g/mol. The average Bonchev–Trinajstić information content (AvgIpc) is 2.73. The molecule has 0 aliphatic rings. The fraction of sp³-hybridized carbons (Fsp3) is 1.00. The summed E-state index contributed by atoms with van der Waals surface area (Å²) in [6.45, 7) is 8.93. The van der Waals surface area contributed by atoms with Gasteiger partial charge >= 0.3 is 0 Å². The van der Waals surface area contributed by atoms with Crippen LogP contribution in [-0.2, 0) is 4.74 Å². The first-order chi connectivity index (χ1) is 14.3. The van der Waals surface area contributed by atoms with E-state index in [9.17, 15) is 0 Å². The van der Waals surface area contributed by atoms with Gasteiger partial charge in [0.2, 0.25) is 0 Å². The van der Waals surface area contributed by atoms with Crippen molar-refractivity contribution < 1.29 is 4.74 Å². The molecule has 0 N–H and O–H groups in total. The van der Waals surface area contributed by atoms with Crippen LogP contribution >= 0.6 is 0 Å². The van der Waals surface area contributed by atoms with Crippen molar-refractivity contribution in [3.8, 4) is 0 Å². The SMILES string of the molecule is CCCCCCCCCCC(CCCCCCCC)COCCCCCCCC. The molecule has 0 saturated carbocycles. The highest BCUT2D eigenvalue weighted by molar-refractivity contribution is 4.61. The maximum absolute atomic E-state index is 6.12. The topological polar surface area (TPSA) is 9.23 Å². The Balaban J connectivity index is 3.79. The van der Waals surface area contributed by atoms with Crippen molar-refractivity contribution in [2.45, 2.75) is 162 Å². The summed E-state index contributed by atoms with van der Waals surface area (Å²) in [6.07, 6.45) is 31.0. The number of hydrogen-bond acceptors (Lipinski definition) is 1. The van der Waals surface area contributed by atoms with E-state index in [2.05, 4.69) is 20.8 Å². The summed E-state index contributed by atoms with van der Waals surface area (Å²) in [5, 5.41) is 0. The molecular weight excluding hydrogens is 352 g/mol. The van der Waals surface area contributed by atoms with Crippen LogP contribution < -0.4 is 0 Å². The molecule has 0 aliphatic carbocycles. The smallest absolute Gasteiger partial charge is 0.0494 e. The third-order valence-electron chi connectivity index (χ3n) is 6.43. The third kappa shape index (κ3) is 24.1. The number of unbranched alkanes of at least 4 members (excludes halogenated alkanes) is 17. The Labute approximate surface area is 186 Å². The lowest BCUT2D eigenvalue weighted by Crippen LogP contribution is -2.11. The quantitative estimate of drug-likeness (QED) is 0.136. The molecule has 1 heteroatoms. The first-order valence-electron chi connectivity index (χ1n) is 13.9. The Bertz CT molecular complexity index is 255. The van der Waals surface area contributed by atoms with Crippen molar-refractivity contribution in [2.24, 2.45) is 5.92 Å². The zero-order valence-electron chi connectivity index (χ0n) is 21.0. The van der Waals surface area contributed by atoms with Gasteiger partial charge < -0.3 is 4.74 Å². The highest BCUT2D eigenvalue weighted by Gasteiger charge is 2.09. The van der Waals surface area contributed by atoms with Crippen LogP contribution in [0.25, 0.3) is 0 Å². The van der Waals surface area contributed by atoms with Crippen LogP contribution in [0.15, 0.2) is 0 Å². The zero-order valence-corrected chi connectivity index (χ0v) is 21.0. The summed E-state index contributed by atoms with van der Waals surface area (Å²) < 4.78 is 6.12. The molecule has 0 amide bonds. The molecule has 0 fully saturated rings. The van der Waals surface area contributed by atoms with Crippen LogP contribution in [0, 0.1) is 5.92 Å². The molecule has 0 bridgehead atoms. The molecule has 176 valence electrons. The fourth-order valence-electron chi connectivity index (χ4n) is 4.33. The Morgan fingerprint density at radius 3 is 1.17 bits per heavy atom. The molecule has 0 radical (unpaired) electrons. The van der Waals surface area contributed by atoms with E-state index < -0.39 is 0 Å². The molecule has 0 heterocycles. The summed E-state index contributed by atoms with van der Waals surface area (Å²) in [6, 6.07) is 0. The molecular formula is C28H58O. The van der Waals surface area contributed by atoms with Crippen molar-refractivity contribution in [1.82, 2.24) is 0 Å². The Morgan fingerprint density at radius 2 is 0.759 bits per heavy atom. The molecule has 0 aromatic rings. The molecule has 0 saturated heterocycles. The Hall–Kier alpha value is -0.0400. The van der Waals surface area contributed by atoms with E-state index in [1.165, 1.54) is 141 Å². The Kier molecular flexibility index (Phi) is 26.0. The van der Waals surface area contributed by atoms with Crippen LogP contribution in [0.3, 0.4) is 0 Å². The number of hydrogen-bond donors (Lipinski definition) is 0. The van der Waals surface area contributed by atoms with Crippen LogP contribution in [-0.4, -0.2) is 13.2 Å². The van der Waals surface area contributed by atoms with Gasteiger partial charge in [-0.05, 0) is 25.2 Å². The van der Waals surface area contributed by atoms with Crippen LogP contribution in [0.5, 0.6) is 0 Å². The van der Waals surface area contributed by atoms with Crippen LogP contribution in [0.4, 0.5) is 0 Å². The summed E-state index contributed by atoms with van der Waals surface area (Å²) in [5.41, 5.74) is 0. The lowest BCUT2D eigenvalue weighted by molar-refractivity contribution is 0.0878. The predicted molar refractivity (Wildman–Crippen MR) is 133 cm³/mol. The lowest BCUT2D eigenvalue weighted by atomic mass is 9.94. The van der Waals surface area contributed by atoms with Gasteiger partial charge in [-0.15, -0.1) is 0 Å². The van der Waals surface area contributed by atoms with E-state index in [0.717, 1.165) is 19.1 Å². The molecule has 0 rings (SSSR count). The second kappa shape index (κ2) is 26.0. The molecule has 1 atom stereocenters. The van der Waals surface area contributed by atoms with E-state index in [0.29, 0.717) is 0 Å². The van der Waals surface area contributed by atoms with E-state index in [-0.39, 0.29) is 0 Å². The van der Waals surface area contributed by atoms with Gasteiger partial charge in [0, 0.05) is 13.2 Å². The van der Waals surface area contributed by atoms with Crippen molar-refractivity contribution >= 4 is 0 Å². The minimum atomic E-state index is 0.821. The minimum Gasteiger partial charge on any atom is -0.381 e. The second-order valence-electron chi connectivity index (χ2n) is 9.53. The first-order valence-corrected chi connectivity index (χ1v) is 13.9. The van der Waals surface area contributed by atoms with Crippen LogP contribution in [0.1, 0.15) is 162 Å². The van der Waals surface area contributed by atoms with Gasteiger partial charge in [0.25, 0.3) is 0 Å². The fourth-order valence-corrected chi connectivity index (χ4v) is 4.33. The highest BCUT2D eigenvalue weighted by Crippen LogP contribution is 2.20. The van der Waals surface area contributed by atoms with Gasteiger partial charge in [-0.3, -0.25) is 0 Å². The van der Waals surface area contributed by atoms with Crippen molar-refractivity contribution in [2.75, 3.05) is 13.2 Å². The summed E-state index contributed by atoms with van der Waals surface area (Å²) in [4.78, 5) is 0.